The number of hydrogen-bond acceptors (Lipinski definition) is 3. The Balaban J connectivity index is 2.29. The van der Waals surface area contributed by atoms with Crippen LogP contribution in [0, 0.1) is 0 Å². The van der Waals surface area contributed by atoms with Crippen molar-refractivity contribution in [1.29, 1.82) is 0 Å². The SMILES string of the molecule is CCC(=O)/C=C/CN1CCOC1=O. The van der Waals surface area contributed by atoms with E-state index in [9.17, 15) is 9.59 Å². The van der Waals surface area contributed by atoms with E-state index in [1.165, 1.54) is 6.08 Å². The van der Waals surface area contributed by atoms with Crippen molar-refractivity contribution >= 4 is 11.9 Å². The number of nitrogens with zero attached hydrogens (tertiary/aromatic N) is 1. The second-order valence-electron chi connectivity index (χ2n) is 2.78. The maximum Gasteiger partial charge on any atom is 0.410 e. The molecule has 1 fully saturated rings. The summed E-state index contributed by atoms with van der Waals surface area (Å²) in [4.78, 5) is 23.3. The van der Waals surface area contributed by atoms with Crippen LogP contribution in [-0.2, 0) is 9.53 Å². The third-order valence-corrected chi connectivity index (χ3v) is 1.82. The predicted octanol–water partition coefficient (Wildman–Crippen LogP) is 0.974. The van der Waals surface area contributed by atoms with Gasteiger partial charge in [0.15, 0.2) is 5.78 Å². The molecule has 0 N–H and O–H groups in total. The molecule has 0 aromatic rings. The molecule has 0 atom stereocenters. The van der Waals surface area contributed by atoms with Crippen LogP contribution in [-0.4, -0.2) is 36.5 Å². The summed E-state index contributed by atoms with van der Waals surface area (Å²) >= 11 is 0. The molecular formula is C9H13NO3. The van der Waals surface area contributed by atoms with Gasteiger partial charge in [-0.25, -0.2) is 4.79 Å². The predicted molar refractivity (Wildman–Crippen MR) is 47.4 cm³/mol. The van der Waals surface area contributed by atoms with E-state index in [2.05, 4.69) is 0 Å². The number of carbonyl (C=O) groups excluding carboxylic acids is 2. The van der Waals surface area contributed by atoms with Crippen LogP contribution < -0.4 is 0 Å². The van der Waals surface area contributed by atoms with Crippen molar-refractivity contribution in [2.24, 2.45) is 0 Å². The van der Waals surface area contributed by atoms with Crippen molar-refractivity contribution in [3.63, 3.8) is 0 Å². The smallest absolute Gasteiger partial charge is 0.410 e. The number of allylic oxidation sites excluding steroid dienone is 1. The summed E-state index contributed by atoms with van der Waals surface area (Å²) < 4.78 is 4.72. The standard InChI is InChI=1S/C9H13NO3/c1-2-8(11)4-3-5-10-6-7-13-9(10)12/h3-4H,2,5-7H2,1H3/b4-3+. The van der Waals surface area contributed by atoms with Crippen LogP contribution in [0.1, 0.15) is 13.3 Å². The molecule has 0 radical (unpaired) electrons. The van der Waals surface area contributed by atoms with Gasteiger partial charge in [0.25, 0.3) is 0 Å². The number of amides is 1. The Hall–Kier alpha value is -1.32. The molecule has 0 aliphatic carbocycles. The molecule has 0 aromatic heterocycles. The molecule has 0 saturated carbocycles. The Bertz CT molecular complexity index is 235. The van der Waals surface area contributed by atoms with E-state index in [-0.39, 0.29) is 11.9 Å². The van der Waals surface area contributed by atoms with Crippen molar-refractivity contribution in [3.8, 4) is 0 Å². The zero-order chi connectivity index (χ0) is 9.68. The minimum atomic E-state index is -0.298. The summed E-state index contributed by atoms with van der Waals surface area (Å²) in [5, 5.41) is 0. The van der Waals surface area contributed by atoms with E-state index in [4.69, 9.17) is 4.74 Å². The monoisotopic (exact) mass is 183 g/mol. The number of ketones is 1. The van der Waals surface area contributed by atoms with Gasteiger partial charge < -0.3 is 9.64 Å². The van der Waals surface area contributed by atoms with Crippen molar-refractivity contribution < 1.29 is 14.3 Å². The molecule has 1 aliphatic heterocycles. The van der Waals surface area contributed by atoms with E-state index in [0.717, 1.165) is 0 Å². The normalized spacial score (nSPS) is 16.7. The molecule has 0 spiro atoms. The minimum Gasteiger partial charge on any atom is -0.448 e. The Kier molecular flexibility index (Phi) is 3.49. The highest BCUT2D eigenvalue weighted by atomic mass is 16.6. The first-order valence-corrected chi connectivity index (χ1v) is 4.35. The van der Waals surface area contributed by atoms with E-state index in [1.807, 2.05) is 0 Å². The van der Waals surface area contributed by atoms with Gasteiger partial charge in [-0.15, -0.1) is 0 Å². The van der Waals surface area contributed by atoms with Crippen molar-refractivity contribution in [2.75, 3.05) is 19.7 Å². The summed E-state index contributed by atoms with van der Waals surface area (Å²) in [5.74, 6) is 0.0764. The van der Waals surface area contributed by atoms with Crippen molar-refractivity contribution in [1.82, 2.24) is 4.90 Å². The fourth-order valence-corrected chi connectivity index (χ4v) is 1.02. The third kappa shape index (κ3) is 2.89. The summed E-state index contributed by atoms with van der Waals surface area (Å²) in [6.45, 7) is 3.33. The van der Waals surface area contributed by atoms with Gasteiger partial charge in [-0.2, -0.15) is 0 Å². The molecule has 4 nitrogen and oxygen atoms in total. The first kappa shape index (κ1) is 9.77. The maximum absolute atomic E-state index is 10.9. The molecule has 1 aliphatic rings. The lowest BCUT2D eigenvalue weighted by molar-refractivity contribution is -0.114. The zero-order valence-electron chi connectivity index (χ0n) is 7.66. The van der Waals surface area contributed by atoms with Gasteiger partial charge in [0, 0.05) is 13.0 Å². The van der Waals surface area contributed by atoms with Crippen LogP contribution in [0.2, 0.25) is 0 Å². The van der Waals surface area contributed by atoms with Gasteiger partial charge in [0.05, 0.1) is 6.54 Å². The van der Waals surface area contributed by atoms with Crippen molar-refractivity contribution in [3.05, 3.63) is 12.2 Å². The highest BCUT2D eigenvalue weighted by Crippen LogP contribution is 2.02. The van der Waals surface area contributed by atoms with E-state index in [1.54, 1.807) is 17.9 Å². The van der Waals surface area contributed by atoms with E-state index < -0.39 is 0 Å². The molecule has 0 aromatic carbocycles. The number of rotatable bonds is 4. The molecule has 1 amide bonds. The quantitative estimate of drug-likeness (QED) is 0.610. The lowest BCUT2D eigenvalue weighted by atomic mass is 10.3. The average molecular weight is 183 g/mol. The molecular weight excluding hydrogens is 170 g/mol. The maximum atomic E-state index is 10.9. The summed E-state index contributed by atoms with van der Waals surface area (Å²) in [6, 6.07) is 0. The summed E-state index contributed by atoms with van der Waals surface area (Å²) in [7, 11) is 0. The van der Waals surface area contributed by atoms with E-state index in [0.29, 0.717) is 26.1 Å². The highest BCUT2D eigenvalue weighted by Gasteiger charge is 2.19. The number of hydrogen-bond donors (Lipinski definition) is 0. The number of cyclic esters (lactones) is 1. The van der Waals surface area contributed by atoms with Gasteiger partial charge in [0.1, 0.15) is 6.61 Å². The second kappa shape index (κ2) is 4.64. The van der Waals surface area contributed by atoms with Gasteiger partial charge in [0.2, 0.25) is 0 Å². The van der Waals surface area contributed by atoms with Crippen LogP contribution in [0.4, 0.5) is 4.79 Å². The van der Waals surface area contributed by atoms with Crippen LogP contribution in [0.15, 0.2) is 12.2 Å². The molecule has 0 bridgehead atoms. The van der Waals surface area contributed by atoms with Gasteiger partial charge in [-0.3, -0.25) is 4.79 Å². The molecule has 4 heteroatoms. The molecule has 1 rings (SSSR count). The van der Waals surface area contributed by atoms with Crippen LogP contribution in [0.3, 0.4) is 0 Å². The highest BCUT2D eigenvalue weighted by molar-refractivity contribution is 5.89. The molecule has 72 valence electrons. The lowest BCUT2D eigenvalue weighted by Gasteiger charge is -2.07. The first-order chi connectivity index (χ1) is 6.24. The Morgan fingerprint density at radius 3 is 3.00 bits per heavy atom. The van der Waals surface area contributed by atoms with Crippen molar-refractivity contribution in [2.45, 2.75) is 13.3 Å². The fourth-order valence-electron chi connectivity index (χ4n) is 1.02. The van der Waals surface area contributed by atoms with Gasteiger partial charge in [-0.1, -0.05) is 13.0 Å². The zero-order valence-corrected chi connectivity index (χ0v) is 7.66. The largest absolute Gasteiger partial charge is 0.448 e. The molecule has 1 heterocycles. The second-order valence-corrected chi connectivity index (χ2v) is 2.78. The summed E-state index contributed by atoms with van der Waals surface area (Å²) in [6.07, 6.45) is 3.40. The lowest BCUT2D eigenvalue weighted by Crippen LogP contribution is -2.24. The van der Waals surface area contributed by atoms with E-state index >= 15 is 0 Å². The topological polar surface area (TPSA) is 46.6 Å². The third-order valence-electron chi connectivity index (χ3n) is 1.82. The Morgan fingerprint density at radius 2 is 2.46 bits per heavy atom. The Labute approximate surface area is 77.2 Å². The average Bonchev–Trinajstić information content (AvgIpc) is 2.52. The number of ether oxygens (including phenoxy) is 1. The molecule has 0 unspecified atom stereocenters. The van der Waals surface area contributed by atoms with Crippen LogP contribution in [0.25, 0.3) is 0 Å². The Morgan fingerprint density at radius 1 is 1.69 bits per heavy atom. The fraction of sp³-hybridized carbons (Fsp3) is 0.556. The van der Waals surface area contributed by atoms with Crippen LogP contribution >= 0.6 is 0 Å². The molecule has 1 saturated heterocycles. The van der Waals surface area contributed by atoms with Gasteiger partial charge >= 0.3 is 6.09 Å². The van der Waals surface area contributed by atoms with Crippen LogP contribution in [0.5, 0.6) is 0 Å². The first-order valence-electron chi connectivity index (χ1n) is 4.35. The molecule has 13 heavy (non-hydrogen) atoms. The number of carbonyl (C=O) groups is 2. The summed E-state index contributed by atoms with van der Waals surface area (Å²) in [5.41, 5.74) is 0. The minimum absolute atomic E-state index is 0.0764. The van der Waals surface area contributed by atoms with Gasteiger partial charge in [-0.05, 0) is 6.08 Å².